The number of rotatable bonds is 5. The number of Topliss-reactive ketones (excluding diaryl/α,β-unsaturated/α-hetero) is 1. The number of ketones is 1. The van der Waals surface area contributed by atoms with E-state index in [1.807, 2.05) is 13.8 Å². The average Bonchev–Trinajstić information content (AvgIpc) is 3.19. The lowest BCUT2D eigenvalue weighted by atomic mass is 9.92. The van der Waals surface area contributed by atoms with Gasteiger partial charge in [0.1, 0.15) is 11.4 Å². The fraction of sp³-hybridized carbons (Fsp3) is 0.190. The third-order valence-corrected chi connectivity index (χ3v) is 6.76. The van der Waals surface area contributed by atoms with Crippen LogP contribution in [0, 0.1) is 0 Å². The Kier molecular flexibility index (Phi) is 5.28. The van der Waals surface area contributed by atoms with Crippen LogP contribution < -0.4 is 14.8 Å². The van der Waals surface area contributed by atoms with Crippen LogP contribution in [-0.4, -0.2) is 30.7 Å². The van der Waals surface area contributed by atoms with Crippen molar-refractivity contribution in [3.8, 4) is 5.75 Å². The number of ether oxygens (including phenoxy) is 1. The number of aromatic nitrogens is 1. The van der Waals surface area contributed by atoms with Crippen LogP contribution in [0.3, 0.4) is 0 Å². The Morgan fingerprint density at radius 2 is 1.90 bits per heavy atom. The lowest BCUT2D eigenvalue weighted by molar-refractivity contribution is 0.0620. The first-order valence-corrected chi connectivity index (χ1v) is 11.7. The second-order valence-corrected chi connectivity index (χ2v) is 10.2. The largest absolute Gasteiger partial charge is 0.487 e. The van der Waals surface area contributed by atoms with E-state index in [0.717, 1.165) is 0 Å². The number of hydrogen-bond acceptors (Lipinski definition) is 7. The van der Waals surface area contributed by atoms with Crippen molar-refractivity contribution in [1.82, 2.24) is 4.98 Å². The van der Waals surface area contributed by atoms with Crippen LogP contribution in [0.5, 0.6) is 5.75 Å². The van der Waals surface area contributed by atoms with Gasteiger partial charge in [-0.2, -0.15) is 0 Å². The molecular formula is C21H19N3O5S2. The maximum Gasteiger partial charge on any atom is 0.263 e. The van der Waals surface area contributed by atoms with Crippen LogP contribution in [0.15, 0.2) is 58.9 Å². The van der Waals surface area contributed by atoms with E-state index in [1.165, 1.54) is 47.9 Å². The van der Waals surface area contributed by atoms with Gasteiger partial charge >= 0.3 is 0 Å². The number of sulfonamides is 1. The lowest BCUT2D eigenvalue weighted by Gasteiger charge is -2.31. The summed E-state index contributed by atoms with van der Waals surface area (Å²) in [5.74, 6) is -0.0415. The number of carbonyl (C=O) groups excluding carboxylic acids is 2. The van der Waals surface area contributed by atoms with Gasteiger partial charge in [-0.15, -0.1) is 11.3 Å². The zero-order valence-corrected chi connectivity index (χ0v) is 18.3. The molecule has 10 heteroatoms. The van der Waals surface area contributed by atoms with Gasteiger partial charge in [-0.1, -0.05) is 0 Å². The first-order valence-electron chi connectivity index (χ1n) is 9.33. The predicted molar refractivity (Wildman–Crippen MR) is 117 cm³/mol. The Labute approximate surface area is 183 Å². The fourth-order valence-electron chi connectivity index (χ4n) is 3.16. The van der Waals surface area contributed by atoms with Crippen molar-refractivity contribution in [2.45, 2.75) is 30.8 Å². The number of thiazole rings is 1. The molecule has 0 bridgehead atoms. The monoisotopic (exact) mass is 457 g/mol. The highest BCUT2D eigenvalue weighted by Gasteiger charge is 2.32. The molecule has 0 radical (unpaired) electrons. The Morgan fingerprint density at radius 3 is 2.58 bits per heavy atom. The number of nitrogens with zero attached hydrogens (tertiary/aromatic N) is 1. The summed E-state index contributed by atoms with van der Waals surface area (Å²) in [4.78, 5) is 29.0. The first kappa shape index (κ1) is 21.0. The van der Waals surface area contributed by atoms with E-state index >= 15 is 0 Å². The van der Waals surface area contributed by atoms with Crippen LogP contribution in [0.25, 0.3) is 0 Å². The van der Waals surface area contributed by atoms with Crippen LogP contribution in [-0.2, 0) is 10.0 Å². The molecular weight excluding hydrogens is 438 g/mol. The summed E-state index contributed by atoms with van der Waals surface area (Å²) in [6.45, 7) is 3.68. The van der Waals surface area contributed by atoms with Gasteiger partial charge in [0.25, 0.3) is 15.9 Å². The van der Waals surface area contributed by atoms with Crippen molar-refractivity contribution in [2.75, 3.05) is 10.0 Å². The van der Waals surface area contributed by atoms with Crippen LogP contribution in [0.2, 0.25) is 0 Å². The molecule has 0 aliphatic carbocycles. The molecule has 2 aromatic carbocycles. The van der Waals surface area contributed by atoms with Crippen molar-refractivity contribution < 1.29 is 22.7 Å². The summed E-state index contributed by atoms with van der Waals surface area (Å²) < 4.78 is 33.0. The molecule has 0 fully saturated rings. The summed E-state index contributed by atoms with van der Waals surface area (Å²) >= 11 is 1.17. The SMILES string of the molecule is CC1(C)CC(=O)c2cc(C(=O)Nc3ccc(S(=O)(=O)Nc4nccs4)cc3)ccc2O1. The van der Waals surface area contributed by atoms with Gasteiger partial charge in [0.05, 0.1) is 16.9 Å². The Bertz CT molecular complexity index is 1250. The lowest BCUT2D eigenvalue weighted by Crippen LogP contribution is -2.36. The highest BCUT2D eigenvalue weighted by molar-refractivity contribution is 7.93. The van der Waals surface area contributed by atoms with Crippen molar-refractivity contribution in [1.29, 1.82) is 0 Å². The van der Waals surface area contributed by atoms with E-state index < -0.39 is 21.5 Å². The zero-order chi connectivity index (χ0) is 22.2. The molecule has 4 rings (SSSR count). The van der Waals surface area contributed by atoms with Gasteiger partial charge in [0.15, 0.2) is 10.9 Å². The summed E-state index contributed by atoms with van der Waals surface area (Å²) in [5.41, 5.74) is 0.517. The molecule has 0 spiro atoms. The quantitative estimate of drug-likeness (QED) is 0.600. The molecule has 0 saturated carbocycles. The topological polar surface area (TPSA) is 114 Å². The third-order valence-electron chi connectivity index (χ3n) is 4.59. The van der Waals surface area contributed by atoms with Crippen LogP contribution in [0.1, 0.15) is 41.0 Å². The van der Waals surface area contributed by atoms with Gasteiger partial charge in [-0.25, -0.2) is 13.4 Å². The number of benzene rings is 2. The van der Waals surface area contributed by atoms with E-state index in [-0.39, 0.29) is 22.2 Å². The van der Waals surface area contributed by atoms with Crippen LogP contribution >= 0.6 is 11.3 Å². The second-order valence-electron chi connectivity index (χ2n) is 7.59. The number of amides is 1. The molecule has 1 aromatic heterocycles. The number of carbonyl (C=O) groups is 2. The van der Waals surface area contributed by atoms with E-state index in [1.54, 1.807) is 17.5 Å². The maximum atomic E-state index is 12.6. The average molecular weight is 458 g/mol. The van der Waals surface area contributed by atoms with E-state index in [9.17, 15) is 18.0 Å². The zero-order valence-electron chi connectivity index (χ0n) is 16.7. The molecule has 160 valence electrons. The van der Waals surface area contributed by atoms with Gasteiger partial charge < -0.3 is 10.1 Å². The van der Waals surface area contributed by atoms with E-state index in [0.29, 0.717) is 22.6 Å². The number of fused-ring (bicyclic) bond motifs is 1. The molecule has 0 unspecified atom stereocenters. The molecule has 2 N–H and O–H groups in total. The van der Waals surface area contributed by atoms with Gasteiger partial charge in [-0.3, -0.25) is 14.3 Å². The van der Waals surface area contributed by atoms with Crippen molar-refractivity contribution in [2.24, 2.45) is 0 Å². The Hall–Kier alpha value is -3.24. The Morgan fingerprint density at radius 1 is 1.16 bits per heavy atom. The molecule has 0 atom stereocenters. The minimum absolute atomic E-state index is 0.0415. The predicted octanol–water partition coefficient (Wildman–Crippen LogP) is 3.94. The van der Waals surface area contributed by atoms with Crippen LogP contribution in [0.4, 0.5) is 10.8 Å². The van der Waals surface area contributed by atoms with Gasteiger partial charge in [-0.05, 0) is 56.3 Å². The second kappa shape index (κ2) is 7.78. The molecule has 1 aliphatic heterocycles. The fourth-order valence-corrected chi connectivity index (χ4v) is 4.95. The highest BCUT2D eigenvalue weighted by Crippen LogP contribution is 2.33. The van der Waals surface area contributed by atoms with Crippen molar-refractivity contribution >= 4 is 43.9 Å². The Balaban J connectivity index is 1.48. The summed E-state index contributed by atoms with van der Waals surface area (Å²) in [7, 11) is -3.77. The van der Waals surface area contributed by atoms with Gasteiger partial charge in [0.2, 0.25) is 0 Å². The minimum atomic E-state index is -3.77. The number of nitrogens with one attached hydrogen (secondary N) is 2. The first-order chi connectivity index (χ1) is 14.6. The highest BCUT2D eigenvalue weighted by atomic mass is 32.2. The number of hydrogen-bond donors (Lipinski definition) is 2. The molecule has 0 saturated heterocycles. The molecule has 3 aromatic rings. The smallest absolute Gasteiger partial charge is 0.263 e. The summed E-state index contributed by atoms with van der Waals surface area (Å²) in [5, 5.41) is 4.64. The van der Waals surface area contributed by atoms with Crippen molar-refractivity contribution in [3.63, 3.8) is 0 Å². The summed E-state index contributed by atoms with van der Waals surface area (Å²) in [6.07, 6.45) is 1.73. The van der Waals surface area contributed by atoms with Gasteiger partial charge in [0, 0.05) is 22.8 Å². The standard InChI is InChI=1S/C21H19N3O5S2/c1-21(2)12-17(25)16-11-13(3-8-18(16)29-21)19(26)23-14-4-6-15(7-5-14)31(27,28)24-20-22-9-10-30-20/h3-11H,12H2,1-2H3,(H,22,24)(H,23,26). The molecule has 8 nitrogen and oxygen atoms in total. The summed E-state index contributed by atoms with van der Waals surface area (Å²) in [6, 6.07) is 10.5. The van der Waals surface area contributed by atoms with Crippen molar-refractivity contribution in [3.05, 3.63) is 65.2 Å². The maximum absolute atomic E-state index is 12.6. The minimum Gasteiger partial charge on any atom is -0.487 e. The molecule has 1 amide bonds. The number of anilines is 2. The van der Waals surface area contributed by atoms with E-state index in [2.05, 4.69) is 15.0 Å². The molecule has 2 heterocycles. The molecule has 31 heavy (non-hydrogen) atoms. The molecule has 1 aliphatic rings. The third kappa shape index (κ3) is 4.59. The van der Waals surface area contributed by atoms with E-state index in [4.69, 9.17) is 4.74 Å². The normalized spacial score (nSPS) is 15.0.